The predicted octanol–water partition coefficient (Wildman–Crippen LogP) is 1.89. The highest BCUT2D eigenvalue weighted by Gasteiger charge is 2.30. The Bertz CT molecular complexity index is 349. The fourth-order valence-corrected chi connectivity index (χ4v) is 1.21. The standard InChI is InChI=1S/C10H12F4N2/c11-9-2-1-8(10(12,13)14)5-7(9)6-16-4-3-15/h1-2,5,16H,3-4,6,15H2. The molecule has 6 heteroatoms. The molecule has 0 aliphatic rings. The normalized spacial score (nSPS) is 11.8. The van der Waals surface area contributed by atoms with Gasteiger partial charge in [-0.25, -0.2) is 4.39 Å². The van der Waals surface area contributed by atoms with Gasteiger partial charge in [0, 0.05) is 25.2 Å². The number of nitrogens with two attached hydrogens (primary N) is 1. The minimum Gasteiger partial charge on any atom is -0.329 e. The van der Waals surface area contributed by atoms with E-state index in [0.717, 1.165) is 18.2 Å². The quantitative estimate of drug-likeness (QED) is 0.619. The van der Waals surface area contributed by atoms with Crippen LogP contribution in [0, 0.1) is 5.82 Å². The van der Waals surface area contributed by atoms with Gasteiger partial charge in [-0.05, 0) is 18.2 Å². The topological polar surface area (TPSA) is 38.0 Å². The van der Waals surface area contributed by atoms with E-state index in [1.807, 2.05) is 0 Å². The molecule has 0 bridgehead atoms. The maximum Gasteiger partial charge on any atom is 0.416 e. The highest BCUT2D eigenvalue weighted by molar-refractivity contribution is 5.27. The van der Waals surface area contributed by atoms with Crippen LogP contribution in [-0.4, -0.2) is 13.1 Å². The van der Waals surface area contributed by atoms with Crippen LogP contribution in [0.3, 0.4) is 0 Å². The van der Waals surface area contributed by atoms with Gasteiger partial charge in [-0.15, -0.1) is 0 Å². The van der Waals surface area contributed by atoms with Crippen molar-refractivity contribution in [3.05, 3.63) is 35.1 Å². The van der Waals surface area contributed by atoms with Crippen LogP contribution in [0.4, 0.5) is 17.6 Å². The van der Waals surface area contributed by atoms with E-state index in [1.165, 1.54) is 0 Å². The second kappa shape index (κ2) is 5.27. The van der Waals surface area contributed by atoms with Gasteiger partial charge in [0.1, 0.15) is 5.82 Å². The molecule has 0 aliphatic carbocycles. The first kappa shape index (κ1) is 12.9. The first-order valence-corrected chi connectivity index (χ1v) is 4.71. The number of halogens is 4. The molecule has 0 spiro atoms. The minimum atomic E-state index is -4.45. The third kappa shape index (κ3) is 3.46. The lowest BCUT2D eigenvalue weighted by Crippen LogP contribution is -2.22. The van der Waals surface area contributed by atoms with Gasteiger partial charge < -0.3 is 11.1 Å². The van der Waals surface area contributed by atoms with E-state index < -0.39 is 17.6 Å². The van der Waals surface area contributed by atoms with Gasteiger partial charge >= 0.3 is 6.18 Å². The molecule has 1 aromatic carbocycles. The lowest BCUT2D eigenvalue weighted by Gasteiger charge is -2.10. The van der Waals surface area contributed by atoms with Gasteiger partial charge in [0.05, 0.1) is 5.56 Å². The molecule has 90 valence electrons. The summed E-state index contributed by atoms with van der Waals surface area (Å²) in [5.74, 6) is -0.655. The van der Waals surface area contributed by atoms with Crippen LogP contribution >= 0.6 is 0 Å². The number of benzene rings is 1. The average molecular weight is 236 g/mol. The van der Waals surface area contributed by atoms with Crippen molar-refractivity contribution in [2.75, 3.05) is 13.1 Å². The Labute approximate surface area is 90.4 Å². The highest BCUT2D eigenvalue weighted by atomic mass is 19.4. The van der Waals surface area contributed by atoms with Crippen LogP contribution < -0.4 is 11.1 Å². The lowest BCUT2D eigenvalue weighted by atomic mass is 10.1. The van der Waals surface area contributed by atoms with Crippen LogP contribution in [0.2, 0.25) is 0 Å². The fraction of sp³-hybridized carbons (Fsp3) is 0.400. The molecule has 3 N–H and O–H groups in total. The maximum atomic E-state index is 13.1. The molecule has 0 atom stereocenters. The maximum absolute atomic E-state index is 13.1. The van der Waals surface area contributed by atoms with Gasteiger partial charge in [-0.3, -0.25) is 0 Å². The Morgan fingerprint density at radius 3 is 2.50 bits per heavy atom. The van der Waals surface area contributed by atoms with Gasteiger partial charge in [-0.2, -0.15) is 13.2 Å². The van der Waals surface area contributed by atoms with Gasteiger partial charge in [-0.1, -0.05) is 0 Å². The number of hydrogen-bond acceptors (Lipinski definition) is 2. The van der Waals surface area contributed by atoms with Crippen molar-refractivity contribution < 1.29 is 17.6 Å². The number of hydrogen-bond donors (Lipinski definition) is 2. The summed E-state index contributed by atoms with van der Waals surface area (Å²) in [6, 6.07) is 2.35. The van der Waals surface area contributed by atoms with Gasteiger partial charge in [0.25, 0.3) is 0 Å². The van der Waals surface area contributed by atoms with Crippen molar-refractivity contribution in [1.82, 2.24) is 5.32 Å². The van der Waals surface area contributed by atoms with E-state index in [-0.39, 0.29) is 12.1 Å². The fourth-order valence-electron chi connectivity index (χ4n) is 1.21. The van der Waals surface area contributed by atoms with Crippen LogP contribution in [0.1, 0.15) is 11.1 Å². The van der Waals surface area contributed by atoms with Crippen LogP contribution in [-0.2, 0) is 12.7 Å². The molecular formula is C10H12F4N2. The Morgan fingerprint density at radius 2 is 1.94 bits per heavy atom. The summed E-state index contributed by atoms with van der Waals surface area (Å²) in [6.45, 7) is 0.809. The van der Waals surface area contributed by atoms with E-state index in [2.05, 4.69) is 5.32 Å². The van der Waals surface area contributed by atoms with E-state index in [4.69, 9.17) is 5.73 Å². The van der Waals surface area contributed by atoms with E-state index in [1.54, 1.807) is 0 Å². The molecule has 0 unspecified atom stereocenters. The SMILES string of the molecule is NCCNCc1cc(C(F)(F)F)ccc1F. The van der Waals surface area contributed by atoms with Crippen molar-refractivity contribution in [3.63, 3.8) is 0 Å². The molecule has 2 nitrogen and oxygen atoms in total. The molecule has 1 aromatic rings. The van der Waals surface area contributed by atoms with E-state index in [9.17, 15) is 17.6 Å². The van der Waals surface area contributed by atoms with Crippen LogP contribution in [0.25, 0.3) is 0 Å². The monoisotopic (exact) mass is 236 g/mol. The zero-order valence-electron chi connectivity index (χ0n) is 8.44. The molecule has 0 saturated carbocycles. The number of alkyl halides is 3. The third-order valence-electron chi connectivity index (χ3n) is 2.01. The number of rotatable bonds is 4. The van der Waals surface area contributed by atoms with Gasteiger partial charge in [0.15, 0.2) is 0 Å². The first-order chi connectivity index (χ1) is 7.45. The Balaban J connectivity index is 2.83. The minimum absolute atomic E-state index is 0.0109. The molecule has 16 heavy (non-hydrogen) atoms. The summed E-state index contributed by atoms with van der Waals surface area (Å²) in [4.78, 5) is 0. The van der Waals surface area contributed by atoms with Gasteiger partial charge in [0.2, 0.25) is 0 Å². The largest absolute Gasteiger partial charge is 0.416 e. The Morgan fingerprint density at radius 1 is 1.25 bits per heavy atom. The molecular weight excluding hydrogens is 224 g/mol. The summed E-state index contributed by atoms with van der Waals surface area (Å²) >= 11 is 0. The summed E-state index contributed by atoms with van der Waals surface area (Å²) in [6.07, 6.45) is -4.45. The van der Waals surface area contributed by atoms with Crippen molar-refractivity contribution in [2.45, 2.75) is 12.7 Å². The molecule has 0 saturated heterocycles. The number of nitrogens with one attached hydrogen (secondary N) is 1. The smallest absolute Gasteiger partial charge is 0.329 e. The Kier molecular flexibility index (Phi) is 4.26. The molecule has 0 fully saturated rings. The first-order valence-electron chi connectivity index (χ1n) is 4.71. The lowest BCUT2D eigenvalue weighted by molar-refractivity contribution is -0.137. The Hall–Kier alpha value is -1.14. The summed E-state index contributed by atoms with van der Waals surface area (Å²) in [5.41, 5.74) is 4.33. The van der Waals surface area contributed by atoms with Crippen molar-refractivity contribution in [3.8, 4) is 0 Å². The summed E-state index contributed by atoms with van der Waals surface area (Å²) < 4.78 is 50.1. The molecule has 0 radical (unpaired) electrons. The molecule has 1 rings (SSSR count). The van der Waals surface area contributed by atoms with Crippen LogP contribution in [0.15, 0.2) is 18.2 Å². The van der Waals surface area contributed by atoms with E-state index in [0.29, 0.717) is 13.1 Å². The third-order valence-corrected chi connectivity index (χ3v) is 2.01. The second-order valence-corrected chi connectivity index (χ2v) is 3.27. The molecule has 0 aromatic heterocycles. The second-order valence-electron chi connectivity index (χ2n) is 3.27. The summed E-state index contributed by atoms with van der Waals surface area (Å²) in [7, 11) is 0. The summed E-state index contributed by atoms with van der Waals surface area (Å²) in [5, 5.41) is 2.74. The molecule has 0 amide bonds. The van der Waals surface area contributed by atoms with Crippen molar-refractivity contribution in [1.29, 1.82) is 0 Å². The average Bonchev–Trinajstić information content (AvgIpc) is 2.19. The van der Waals surface area contributed by atoms with E-state index >= 15 is 0 Å². The highest BCUT2D eigenvalue weighted by Crippen LogP contribution is 2.30. The van der Waals surface area contributed by atoms with Crippen molar-refractivity contribution >= 4 is 0 Å². The zero-order valence-corrected chi connectivity index (χ0v) is 8.44. The zero-order chi connectivity index (χ0) is 12.2. The van der Waals surface area contributed by atoms with Crippen molar-refractivity contribution in [2.24, 2.45) is 5.73 Å². The predicted molar refractivity (Wildman–Crippen MR) is 52.2 cm³/mol. The molecule has 0 aliphatic heterocycles. The molecule has 0 heterocycles. The van der Waals surface area contributed by atoms with Crippen LogP contribution in [0.5, 0.6) is 0 Å².